The molecule has 1 saturated carbocycles. The SMILES string of the molecule is CC(C)c1c[nH]c(=S)n1C1CC(C)(C)CC(C)(C)C1. The molecule has 108 valence electrons. The number of rotatable bonds is 2. The van der Waals surface area contributed by atoms with E-state index in [4.69, 9.17) is 12.2 Å². The van der Waals surface area contributed by atoms with E-state index in [1.807, 2.05) is 0 Å². The summed E-state index contributed by atoms with van der Waals surface area (Å²) in [4.78, 5) is 3.25. The van der Waals surface area contributed by atoms with Gasteiger partial charge < -0.3 is 9.55 Å². The lowest BCUT2D eigenvalue weighted by Crippen LogP contribution is -2.35. The molecule has 1 fully saturated rings. The Morgan fingerprint density at radius 2 is 1.74 bits per heavy atom. The average Bonchev–Trinajstić information content (AvgIpc) is 2.55. The first-order valence-corrected chi connectivity index (χ1v) is 7.82. The topological polar surface area (TPSA) is 20.7 Å². The van der Waals surface area contributed by atoms with Gasteiger partial charge in [-0.1, -0.05) is 41.5 Å². The molecule has 0 spiro atoms. The predicted molar refractivity (Wildman–Crippen MR) is 84.2 cm³/mol. The Balaban J connectivity index is 2.41. The molecule has 0 saturated heterocycles. The minimum absolute atomic E-state index is 0.396. The highest BCUT2D eigenvalue weighted by atomic mass is 32.1. The van der Waals surface area contributed by atoms with Crippen molar-refractivity contribution in [2.24, 2.45) is 10.8 Å². The second-order valence-electron chi connectivity index (χ2n) is 8.11. The van der Waals surface area contributed by atoms with Crippen molar-refractivity contribution in [3.8, 4) is 0 Å². The standard InChI is InChI=1S/C16H28N2S/c1-11(2)13-9-17-14(19)18(13)12-7-15(3,4)10-16(5,6)8-12/h9,11-12H,7-8,10H2,1-6H3,(H,17,19). The second-order valence-corrected chi connectivity index (χ2v) is 8.50. The maximum absolute atomic E-state index is 5.53. The summed E-state index contributed by atoms with van der Waals surface area (Å²) in [6.45, 7) is 14.1. The summed E-state index contributed by atoms with van der Waals surface area (Å²) < 4.78 is 3.28. The molecule has 0 aliphatic heterocycles. The third-order valence-corrected chi connectivity index (χ3v) is 4.65. The van der Waals surface area contributed by atoms with Gasteiger partial charge in [0.1, 0.15) is 0 Å². The zero-order chi connectivity index (χ0) is 14.4. The van der Waals surface area contributed by atoms with E-state index in [2.05, 4.69) is 57.3 Å². The third-order valence-electron chi connectivity index (χ3n) is 4.33. The Labute approximate surface area is 122 Å². The van der Waals surface area contributed by atoms with Crippen LogP contribution in [0.3, 0.4) is 0 Å². The molecule has 1 N–H and O–H groups in total. The van der Waals surface area contributed by atoms with E-state index >= 15 is 0 Å². The molecule has 3 heteroatoms. The van der Waals surface area contributed by atoms with E-state index in [9.17, 15) is 0 Å². The highest BCUT2D eigenvalue weighted by Gasteiger charge is 2.39. The second kappa shape index (κ2) is 4.76. The highest BCUT2D eigenvalue weighted by molar-refractivity contribution is 7.71. The first-order valence-electron chi connectivity index (χ1n) is 7.41. The van der Waals surface area contributed by atoms with Crippen molar-refractivity contribution in [2.45, 2.75) is 72.8 Å². The van der Waals surface area contributed by atoms with Crippen molar-refractivity contribution >= 4 is 12.2 Å². The molecule has 0 amide bonds. The number of nitrogens with zero attached hydrogens (tertiary/aromatic N) is 1. The van der Waals surface area contributed by atoms with Crippen LogP contribution < -0.4 is 0 Å². The fraction of sp³-hybridized carbons (Fsp3) is 0.812. The van der Waals surface area contributed by atoms with Crippen molar-refractivity contribution in [1.29, 1.82) is 0 Å². The van der Waals surface area contributed by atoms with Crippen LogP contribution in [-0.2, 0) is 0 Å². The van der Waals surface area contributed by atoms with Crippen LogP contribution in [0.5, 0.6) is 0 Å². The van der Waals surface area contributed by atoms with E-state index in [1.165, 1.54) is 25.0 Å². The zero-order valence-electron chi connectivity index (χ0n) is 13.2. The summed E-state index contributed by atoms with van der Waals surface area (Å²) in [5.41, 5.74) is 2.14. The van der Waals surface area contributed by atoms with Crippen molar-refractivity contribution in [2.75, 3.05) is 0 Å². The lowest BCUT2D eigenvalue weighted by molar-refractivity contribution is 0.0704. The molecular formula is C16H28N2S. The minimum Gasteiger partial charge on any atom is -0.337 e. The van der Waals surface area contributed by atoms with Crippen molar-refractivity contribution in [3.63, 3.8) is 0 Å². The lowest BCUT2D eigenvalue weighted by atomic mass is 9.63. The van der Waals surface area contributed by atoms with Gasteiger partial charge in [-0.25, -0.2) is 0 Å². The molecule has 0 unspecified atom stereocenters. The predicted octanol–water partition coefficient (Wildman–Crippen LogP) is 5.45. The summed E-state index contributed by atoms with van der Waals surface area (Å²) >= 11 is 5.53. The molecule has 1 aromatic heterocycles. The summed E-state index contributed by atoms with van der Waals surface area (Å²) in [6.07, 6.45) is 5.84. The van der Waals surface area contributed by atoms with E-state index in [1.54, 1.807) is 0 Å². The zero-order valence-corrected chi connectivity index (χ0v) is 14.0. The maximum atomic E-state index is 5.53. The first kappa shape index (κ1) is 14.8. The maximum Gasteiger partial charge on any atom is 0.177 e. The van der Waals surface area contributed by atoms with Crippen molar-refractivity contribution in [3.05, 3.63) is 16.7 Å². The number of hydrogen-bond donors (Lipinski definition) is 1. The van der Waals surface area contributed by atoms with Gasteiger partial charge in [0.2, 0.25) is 0 Å². The van der Waals surface area contributed by atoms with Crippen LogP contribution in [-0.4, -0.2) is 9.55 Å². The molecule has 0 atom stereocenters. The van der Waals surface area contributed by atoms with Crippen LogP contribution >= 0.6 is 12.2 Å². The van der Waals surface area contributed by atoms with Crippen LogP contribution in [0.25, 0.3) is 0 Å². The van der Waals surface area contributed by atoms with Crippen LogP contribution in [0.15, 0.2) is 6.20 Å². The van der Waals surface area contributed by atoms with Gasteiger partial charge in [-0.05, 0) is 48.2 Å². The minimum atomic E-state index is 0.396. The molecule has 0 bridgehead atoms. The van der Waals surface area contributed by atoms with Crippen LogP contribution in [0, 0.1) is 15.6 Å². The van der Waals surface area contributed by atoms with Crippen molar-refractivity contribution in [1.82, 2.24) is 9.55 Å². The van der Waals surface area contributed by atoms with Gasteiger partial charge >= 0.3 is 0 Å². The molecule has 1 aliphatic carbocycles. The Kier molecular flexibility index (Phi) is 3.72. The highest BCUT2D eigenvalue weighted by Crippen LogP contribution is 2.50. The molecule has 1 aromatic rings. The van der Waals surface area contributed by atoms with Crippen LogP contribution in [0.2, 0.25) is 0 Å². The number of aromatic nitrogens is 2. The van der Waals surface area contributed by atoms with Crippen LogP contribution in [0.1, 0.15) is 78.5 Å². The van der Waals surface area contributed by atoms with Crippen LogP contribution in [0.4, 0.5) is 0 Å². The lowest BCUT2D eigenvalue weighted by Gasteiger charge is -2.45. The quantitative estimate of drug-likeness (QED) is 0.715. The first-order chi connectivity index (χ1) is 8.61. The monoisotopic (exact) mass is 280 g/mol. The van der Waals surface area contributed by atoms with E-state index in [-0.39, 0.29) is 0 Å². The van der Waals surface area contributed by atoms with Crippen molar-refractivity contribution < 1.29 is 0 Å². The summed E-state index contributed by atoms with van der Waals surface area (Å²) in [5.74, 6) is 0.515. The summed E-state index contributed by atoms with van der Waals surface area (Å²) in [5, 5.41) is 0. The molecule has 19 heavy (non-hydrogen) atoms. The fourth-order valence-corrected chi connectivity index (χ4v) is 4.50. The Bertz CT molecular complexity index is 489. The number of imidazole rings is 1. The van der Waals surface area contributed by atoms with Gasteiger partial charge in [0.15, 0.2) is 4.77 Å². The molecule has 1 heterocycles. The Morgan fingerprint density at radius 1 is 1.21 bits per heavy atom. The Morgan fingerprint density at radius 3 is 2.21 bits per heavy atom. The van der Waals surface area contributed by atoms with E-state index in [0.29, 0.717) is 22.8 Å². The fourth-order valence-electron chi connectivity index (χ4n) is 4.18. The number of H-pyrrole nitrogens is 1. The van der Waals surface area contributed by atoms with E-state index in [0.717, 1.165) is 4.77 Å². The number of nitrogens with one attached hydrogen (secondary N) is 1. The van der Waals surface area contributed by atoms with Gasteiger partial charge in [-0.2, -0.15) is 0 Å². The molecule has 2 nitrogen and oxygen atoms in total. The largest absolute Gasteiger partial charge is 0.337 e. The number of aromatic amines is 1. The molecule has 0 aromatic carbocycles. The van der Waals surface area contributed by atoms with Gasteiger partial charge in [-0.15, -0.1) is 0 Å². The molecular weight excluding hydrogens is 252 g/mol. The van der Waals surface area contributed by atoms with Gasteiger partial charge in [-0.3, -0.25) is 0 Å². The summed E-state index contributed by atoms with van der Waals surface area (Å²) in [6, 6.07) is 0.537. The van der Waals surface area contributed by atoms with E-state index < -0.39 is 0 Å². The normalized spacial score (nSPS) is 22.9. The molecule has 1 aliphatic rings. The average molecular weight is 280 g/mol. The third kappa shape index (κ3) is 3.13. The molecule has 0 radical (unpaired) electrons. The molecule has 2 rings (SSSR count). The van der Waals surface area contributed by atoms with Gasteiger partial charge in [0.25, 0.3) is 0 Å². The summed E-state index contributed by atoms with van der Waals surface area (Å²) in [7, 11) is 0. The smallest absolute Gasteiger partial charge is 0.177 e. The van der Waals surface area contributed by atoms with Gasteiger partial charge in [0.05, 0.1) is 0 Å². The van der Waals surface area contributed by atoms with Gasteiger partial charge in [0, 0.05) is 17.9 Å². The Hall–Kier alpha value is -0.570. The number of hydrogen-bond acceptors (Lipinski definition) is 1.